The van der Waals surface area contributed by atoms with E-state index in [1.165, 1.54) is 0 Å². The van der Waals surface area contributed by atoms with Crippen molar-refractivity contribution in [2.24, 2.45) is 5.92 Å². The number of ketones is 1. The van der Waals surface area contributed by atoms with Crippen molar-refractivity contribution in [1.82, 2.24) is 0 Å². The van der Waals surface area contributed by atoms with Crippen molar-refractivity contribution in [1.29, 1.82) is 0 Å². The predicted octanol–water partition coefficient (Wildman–Crippen LogP) is 1.70. The number of hydrogen-bond donors (Lipinski definition) is 1. The molecule has 4 heteroatoms. The summed E-state index contributed by atoms with van der Waals surface area (Å²) in [4.78, 5) is 23.4. The molecule has 3 atom stereocenters. The number of fused-ring (bicyclic) bond motifs is 1. The number of ether oxygens (including phenoxy) is 1. The number of allylic oxidation sites excluding steroid dienone is 1. The van der Waals surface area contributed by atoms with Gasteiger partial charge in [-0.3, -0.25) is 4.79 Å². The number of Topliss-reactive ketones (excluding diaryl/α,β-unsaturated/α-hetero) is 1. The molecule has 1 aliphatic carbocycles. The molecule has 0 amide bonds. The van der Waals surface area contributed by atoms with Gasteiger partial charge in [0.1, 0.15) is 6.10 Å². The highest BCUT2D eigenvalue weighted by atomic mass is 16.6. The van der Waals surface area contributed by atoms with Crippen molar-refractivity contribution in [3.63, 3.8) is 0 Å². The molecule has 2 rings (SSSR count). The SMILES string of the molecule is C=C1C[C@@H]2OC(=O)C(=C)[C@H]2[C@H](O)/C=C(/C)CCC1=O. The molecule has 4 nitrogen and oxygen atoms in total. The summed E-state index contributed by atoms with van der Waals surface area (Å²) in [6.07, 6.45) is 1.55. The first kappa shape index (κ1) is 13.7. The predicted molar refractivity (Wildman–Crippen MR) is 70.3 cm³/mol. The average Bonchev–Trinajstić information content (AvgIpc) is 2.60. The van der Waals surface area contributed by atoms with Crippen LogP contribution in [-0.4, -0.2) is 29.1 Å². The molecule has 102 valence electrons. The summed E-state index contributed by atoms with van der Waals surface area (Å²) >= 11 is 0. The highest BCUT2D eigenvalue weighted by Crippen LogP contribution is 2.35. The summed E-state index contributed by atoms with van der Waals surface area (Å²) in [6.45, 7) is 9.30. The Bertz CT molecular complexity index is 486. The molecule has 1 heterocycles. The Balaban J connectivity index is 2.35. The number of carbonyl (C=O) groups is 2. The number of hydrogen-bond acceptors (Lipinski definition) is 4. The molecule has 0 spiro atoms. The van der Waals surface area contributed by atoms with Crippen molar-refractivity contribution in [3.05, 3.63) is 36.0 Å². The van der Waals surface area contributed by atoms with Gasteiger partial charge in [-0.1, -0.05) is 24.8 Å². The van der Waals surface area contributed by atoms with Gasteiger partial charge >= 0.3 is 5.97 Å². The zero-order valence-electron chi connectivity index (χ0n) is 11.0. The van der Waals surface area contributed by atoms with Crippen LogP contribution in [0.1, 0.15) is 26.2 Å². The number of aliphatic hydroxyl groups excluding tert-OH is 1. The molecule has 0 aromatic carbocycles. The Kier molecular flexibility index (Phi) is 3.71. The molecule has 19 heavy (non-hydrogen) atoms. The van der Waals surface area contributed by atoms with E-state index in [4.69, 9.17) is 4.74 Å². The van der Waals surface area contributed by atoms with E-state index in [0.29, 0.717) is 18.4 Å². The molecule has 2 aliphatic rings. The van der Waals surface area contributed by atoms with Crippen LogP contribution >= 0.6 is 0 Å². The smallest absolute Gasteiger partial charge is 0.334 e. The molecular weight excluding hydrogens is 244 g/mol. The second-order valence-corrected chi connectivity index (χ2v) is 5.23. The van der Waals surface area contributed by atoms with Crippen LogP contribution in [0.3, 0.4) is 0 Å². The van der Waals surface area contributed by atoms with Crippen LogP contribution in [0.4, 0.5) is 0 Å². The summed E-state index contributed by atoms with van der Waals surface area (Å²) in [5.74, 6) is -1.01. The lowest BCUT2D eigenvalue weighted by molar-refractivity contribution is -0.139. The van der Waals surface area contributed by atoms with Crippen molar-refractivity contribution < 1.29 is 19.4 Å². The Morgan fingerprint density at radius 1 is 1.32 bits per heavy atom. The first-order valence-corrected chi connectivity index (χ1v) is 6.36. The summed E-state index contributed by atoms with van der Waals surface area (Å²) in [5.41, 5.74) is 1.63. The lowest BCUT2D eigenvalue weighted by Gasteiger charge is -2.23. The number of carbonyl (C=O) groups excluding carboxylic acids is 2. The second-order valence-electron chi connectivity index (χ2n) is 5.23. The second kappa shape index (κ2) is 5.13. The minimum atomic E-state index is -0.815. The monoisotopic (exact) mass is 262 g/mol. The molecule has 0 unspecified atom stereocenters. The fourth-order valence-electron chi connectivity index (χ4n) is 2.56. The van der Waals surface area contributed by atoms with Gasteiger partial charge in [0.05, 0.1) is 12.0 Å². The lowest BCUT2D eigenvalue weighted by atomic mass is 9.84. The fourth-order valence-corrected chi connectivity index (χ4v) is 2.56. The van der Waals surface area contributed by atoms with E-state index in [-0.39, 0.29) is 17.8 Å². The van der Waals surface area contributed by atoms with Gasteiger partial charge in [-0.2, -0.15) is 0 Å². The average molecular weight is 262 g/mol. The van der Waals surface area contributed by atoms with Crippen molar-refractivity contribution in [2.75, 3.05) is 0 Å². The van der Waals surface area contributed by atoms with E-state index < -0.39 is 24.1 Å². The maximum Gasteiger partial charge on any atom is 0.334 e. The van der Waals surface area contributed by atoms with Crippen LogP contribution in [0.25, 0.3) is 0 Å². The van der Waals surface area contributed by atoms with Crippen LogP contribution in [0, 0.1) is 5.92 Å². The van der Waals surface area contributed by atoms with Gasteiger partial charge in [0.15, 0.2) is 5.78 Å². The zero-order chi connectivity index (χ0) is 14.2. The molecule has 1 fully saturated rings. The first-order valence-electron chi connectivity index (χ1n) is 6.36. The Labute approximate surface area is 112 Å². The quantitative estimate of drug-likeness (QED) is 0.410. The van der Waals surface area contributed by atoms with Crippen molar-refractivity contribution in [3.8, 4) is 0 Å². The summed E-state index contributed by atoms with van der Waals surface area (Å²) in [6, 6.07) is 0. The Morgan fingerprint density at radius 3 is 2.68 bits per heavy atom. The van der Waals surface area contributed by atoms with E-state index in [1.807, 2.05) is 6.92 Å². The van der Waals surface area contributed by atoms with E-state index >= 15 is 0 Å². The van der Waals surface area contributed by atoms with E-state index in [9.17, 15) is 14.7 Å². The van der Waals surface area contributed by atoms with E-state index in [1.54, 1.807) is 6.08 Å². The third-order valence-corrected chi connectivity index (χ3v) is 3.74. The highest BCUT2D eigenvalue weighted by molar-refractivity contribution is 5.95. The fraction of sp³-hybridized carbons (Fsp3) is 0.467. The molecule has 0 bridgehead atoms. The van der Waals surface area contributed by atoms with Crippen LogP contribution in [-0.2, 0) is 14.3 Å². The number of esters is 1. The Hall–Kier alpha value is -1.68. The number of aliphatic hydroxyl groups is 1. The molecule has 0 aromatic heterocycles. The van der Waals surface area contributed by atoms with Gasteiger partial charge in [-0.15, -0.1) is 0 Å². The van der Waals surface area contributed by atoms with Crippen molar-refractivity contribution in [2.45, 2.75) is 38.4 Å². The standard InChI is InChI=1S/C15H18O4/c1-8-4-5-11(16)9(2)7-13-14(12(17)6-8)10(3)15(18)19-13/h6,12-14,17H,2-5,7H2,1H3/b8-6-/t12-,13+,14+/m1/s1. The summed E-state index contributed by atoms with van der Waals surface area (Å²) in [5, 5.41) is 10.2. The van der Waals surface area contributed by atoms with Crippen LogP contribution in [0.5, 0.6) is 0 Å². The maximum atomic E-state index is 11.9. The number of rotatable bonds is 0. The minimum absolute atomic E-state index is 0.0172. The van der Waals surface area contributed by atoms with Crippen LogP contribution < -0.4 is 0 Å². The highest BCUT2D eigenvalue weighted by Gasteiger charge is 2.43. The van der Waals surface area contributed by atoms with Gasteiger partial charge in [0.25, 0.3) is 0 Å². The largest absolute Gasteiger partial charge is 0.458 e. The molecular formula is C15H18O4. The Morgan fingerprint density at radius 2 is 2.00 bits per heavy atom. The molecule has 1 N–H and O–H groups in total. The van der Waals surface area contributed by atoms with Gasteiger partial charge in [-0.25, -0.2) is 4.79 Å². The molecule has 0 saturated carbocycles. The third kappa shape index (κ3) is 2.68. The lowest BCUT2D eigenvalue weighted by Crippen LogP contribution is -2.29. The van der Waals surface area contributed by atoms with E-state index in [2.05, 4.69) is 13.2 Å². The molecule has 0 aromatic rings. The zero-order valence-corrected chi connectivity index (χ0v) is 11.0. The summed E-state index contributed by atoms with van der Waals surface area (Å²) < 4.78 is 5.19. The third-order valence-electron chi connectivity index (χ3n) is 3.74. The van der Waals surface area contributed by atoms with Gasteiger partial charge in [-0.05, 0) is 18.9 Å². The van der Waals surface area contributed by atoms with E-state index in [0.717, 1.165) is 5.57 Å². The van der Waals surface area contributed by atoms with Gasteiger partial charge in [0.2, 0.25) is 0 Å². The van der Waals surface area contributed by atoms with Crippen LogP contribution in [0.15, 0.2) is 36.0 Å². The van der Waals surface area contributed by atoms with Gasteiger partial charge in [0, 0.05) is 18.4 Å². The molecule has 1 aliphatic heterocycles. The molecule has 1 saturated heterocycles. The topological polar surface area (TPSA) is 63.6 Å². The van der Waals surface area contributed by atoms with Crippen LogP contribution in [0.2, 0.25) is 0 Å². The van der Waals surface area contributed by atoms with Crippen molar-refractivity contribution >= 4 is 11.8 Å². The van der Waals surface area contributed by atoms with Gasteiger partial charge < -0.3 is 9.84 Å². The first-order chi connectivity index (χ1) is 8.90. The normalized spacial score (nSPS) is 35.5. The summed E-state index contributed by atoms with van der Waals surface area (Å²) in [7, 11) is 0. The maximum absolute atomic E-state index is 11.9. The molecule has 0 radical (unpaired) electrons. The minimum Gasteiger partial charge on any atom is -0.458 e.